The van der Waals surface area contributed by atoms with Crippen LogP contribution >= 0.6 is 15.9 Å². The van der Waals surface area contributed by atoms with Gasteiger partial charge in [-0.25, -0.2) is 4.79 Å². The summed E-state index contributed by atoms with van der Waals surface area (Å²) < 4.78 is 6.33. The predicted molar refractivity (Wildman–Crippen MR) is 72.3 cm³/mol. The summed E-state index contributed by atoms with van der Waals surface area (Å²) >= 11 is 3.29. The molecule has 18 heavy (non-hydrogen) atoms. The van der Waals surface area contributed by atoms with Crippen LogP contribution in [0.25, 0.3) is 0 Å². The topological polar surface area (TPSA) is 49.8 Å². The van der Waals surface area contributed by atoms with Gasteiger partial charge in [-0.3, -0.25) is 4.90 Å². The molecule has 2 rings (SSSR count). The van der Waals surface area contributed by atoms with Crippen LogP contribution in [0.4, 0.5) is 0 Å². The van der Waals surface area contributed by atoms with E-state index in [0.29, 0.717) is 12.4 Å². The van der Waals surface area contributed by atoms with Crippen molar-refractivity contribution in [3.05, 3.63) is 28.2 Å². The smallest absolute Gasteiger partial charge is 0.335 e. The van der Waals surface area contributed by atoms with Crippen molar-refractivity contribution < 1.29 is 14.6 Å². The first kappa shape index (κ1) is 13.4. The summed E-state index contributed by atoms with van der Waals surface area (Å²) in [4.78, 5) is 13.3. The van der Waals surface area contributed by atoms with E-state index >= 15 is 0 Å². The molecule has 1 saturated heterocycles. The maximum absolute atomic E-state index is 10.9. The molecular weight excluding hydrogens is 298 g/mol. The van der Waals surface area contributed by atoms with Gasteiger partial charge in [0.05, 0.1) is 5.56 Å². The van der Waals surface area contributed by atoms with E-state index in [1.807, 2.05) is 0 Å². The molecule has 0 spiro atoms. The Labute approximate surface area is 115 Å². The number of carboxylic acid groups (broad SMARTS) is 1. The molecule has 0 unspecified atom stereocenters. The maximum Gasteiger partial charge on any atom is 0.335 e. The fraction of sp³-hybridized carbons (Fsp3) is 0.462. The van der Waals surface area contributed by atoms with Crippen molar-refractivity contribution in [3.63, 3.8) is 0 Å². The zero-order valence-electron chi connectivity index (χ0n) is 10.1. The Morgan fingerprint density at radius 3 is 2.72 bits per heavy atom. The first-order valence-corrected chi connectivity index (χ1v) is 6.83. The molecular formula is C13H16BrNO3. The quantitative estimate of drug-likeness (QED) is 0.908. The number of hydrogen-bond acceptors (Lipinski definition) is 3. The number of rotatable bonds is 5. The summed E-state index contributed by atoms with van der Waals surface area (Å²) in [5.41, 5.74) is 0.237. The monoisotopic (exact) mass is 313 g/mol. The Balaban J connectivity index is 1.89. The Morgan fingerprint density at radius 2 is 2.06 bits per heavy atom. The largest absolute Gasteiger partial charge is 0.492 e. The molecule has 0 aliphatic carbocycles. The van der Waals surface area contributed by atoms with Crippen molar-refractivity contribution >= 4 is 21.9 Å². The summed E-state index contributed by atoms with van der Waals surface area (Å²) in [6.45, 7) is 3.77. The molecule has 0 aromatic heterocycles. The number of likely N-dealkylation sites (tertiary alicyclic amines) is 1. The fourth-order valence-corrected chi connectivity index (χ4v) is 2.54. The number of benzene rings is 1. The third-order valence-electron chi connectivity index (χ3n) is 2.99. The Kier molecular flexibility index (Phi) is 4.60. The van der Waals surface area contributed by atoms with Gasteiger partial charge in [0.15, 0.2) is 0 Å². The second-order valence-corrected chi connectivity index (χ2v) is 5.29. The summed E-state index contributed by atoms with van der Waals surface area (Å²) in [7, 11) is 0. The van der Waals surface area contributed by atoms with Gasteiger partial charge in [-0.2, -0.15) is 0 Å². The number of aromatic carboxylic acids is 1. The predicted octanol–water partition coefficient (Wildman–Crippen LogP) is 2.62. The van der Waals surface area contributed by atoms with Crippen LogP contribution in [-0.2, 0) is 0 Å². The number of halogens is 1. The number of carboxylic acids is 1. The van der Waals surface area contributed by atoms with Gasteiger partial charge in [-0.1, -0.05) is 15.9 Å². The van der Waals surface area contributed by atoms with E-state index in [-0.39, 0.29) is 5.56 Å². The maximum atomic E-state index is 10.9. The first-order valence-electron chi connectivity index (χ1n) is 6.04. The van der Waals surface area contributed by atoms with Crippen LogP contribution in [0.2, 0.25) is 0 Å². The molecule has 0 bridgehead atoms. The summed E-state index contributed by atoms with van der Waals surface area (Å²) in [5, 5.41) is 8.95. The Bertz CT molecular complexity index is 430. The Morgan fingerprint density at radius 1 is 1.33 bits per heavy atom. The minimum Gasteiger partial charge on any atom is -0.492 e. The average molecular weight is 314 g/mol. The van der Waals surface area contributed by atoms with E-state index in [2.05, 4.69) is 20.8 Å². The van der Waals surface area contributed by atoms with Gasteiger partial charge in [0.25, 0.3) is 0 Å². The van der Waals surface area contributed by atoms with Crippen LogP contribution < -0.4 is 4.74 Å². The number of hydrogen-bond donors (Lipinski definition) is 1. The van der Waals surface area contributed by atoms with Crippen molar-refractivity contribution in [3.8, 4) is 5.75 Å². The van der Waals surface area contributed by atoms with Crippen molar-refractivity contribution in [1.82, 2.24) is 4.90 Å². The third-order valence-corrected chi connectivity index (χ3v) is 3.45. The fourth-order valence-electron chi connectivity index (χ4n) is 2.07. The molecule has 1 aliphatic rings. The Hall–Kier alpha value is -1.07. The highest BCUT2D eigenvalue weighted by atomic mass is 79.9. The highest BCUT2D eigenvalue weighted by Crippen LogP contribution is 2.21. The SMILES string of the molecule is O=C(O)c1cc(Br)cc(OCCN2CCCC2)c1. The van der Waals surface area contributed by atoms with Gasteiger partial charge in [0, 0.05) is 11.0 Å². The van der Waals surface area contributed by atoms with Gasteiger partial charge < -0.3 is 9.84 Å². The van der Waals surface area contributed by atoms with Crippen LogP contribution in [0.3, 0.4) is 0 Å². The zero-order chi connectivity index (χ0) is 13.0. The van der Waals surface area contributed by atoms with Crippen LogP contribution in [0.1, 0.15) is 23.2 Å². The van der Waals surface area contributed by atoms with Gasteiger partial charge in [0.2, 0.25) is 0 Å². The molecule has 0 saturated carbocycles. The molecule has 4 nitrogen and oxygen atoms in total. The molecule has 0 atom stereocenters. The van der Waals surface area contributed by atoms with Gasteiger partial charge in [-0.05, 0) is 44.1 Å². The van der Waals surface area contributed by atoms with Crippen LogP contribution in [0, 0.1) is 0 Å². The van der Waals surface area contributed by atoms with Crippen molar-refractivity contribution in [2.75, 3.05) is 26.2 Å². The van der Waals surface area contributed by atoms with Crippen molar-refractivity contribution in [2.24, 2.45) is 0 Å². The van der Waals surface area contributed by atoms with E-state index in [9.17, 15) is 4.79 Å². The number of ether oxygens (including phenoxy) is 1. The first-order chi connectivity index (χ1) is 8.65. The zero-order valence-corrected chi connectivity index (χ0v) is 11.6. The molecule has 5 heteroatoms. The highest BCUT2D eigenvalue weighted by molar-refractivity contribution is 9.10. The lowest BCUT2D eigenvalue weighted by molar-refractivity contribution is 0.0696. The third kappa shape index (κ3) is 3.71. The molecule has 0 radical (unpaired) electrons. The normalized spacial score (nSPS) is 15.8. The molecule has 1 heterocycles. The summed E-state index contributed by atoms with van der Waals surface area (Å²) in [6, 6.07) is 4.91. The molecule has 1 fully saturated rings. The molecule has 1 aromatic carbocycles. The molecule has 1 aromatic rings. The second kappa shape index (κ2) is 6.20. The summed E-state index contributed by atoms with van der Waals surface area (Å²) in [5.74, 6) is -0.346. The summed E-state index contributed by atoms with van der Waals surface area (Å²) in [6.07, 6.45) is 2.53. The minimum atomic E-state index is -0.944. The lowest BCUT2D eigenvalue weighted by Gasteiger charge is -2.15. The van der Waals surface area contributed by atoms with Gasteiger partial charge in [-0.15, -0.1) is 0 Å². The molecule has 1 N–H and O–H groups in total. The molecule has 1 aliphatic heterocycles. The molecule has 0 amide bonds. The standard InChI is InChI=1S/C13H16BrNO3/c14-11-7-10(13(16)17)8-12(9-11)18-6-5-15-3-1-2-4-15/h7-9H,1-6H2,(H,16,17). The van der Waals surface area contributed by atoms with Crippen molar-refractivity contribution in [1.29, 1.82) is 0 Å². The van der Waals surface area contributed by atoms with Crippen molar-refractivity contribution in [2.45, 2.75) is 12.8 Å². The number of carbonyl (C=O) groups is 1. The minimum absolute atomic E-state index is 0.237. The van der Waals surface area contributed by atoms with E-state index < -0.39 is 5.97 Å². The van der Waals surface area contributed by atoms with Gasteiger partial charge >= 0.3 is 5.97 Å². The number of nitrogens with zero attached hydrogens (tertiary/aromatic N) is 1. The van der Waals surface area contributed by atoms with E-state index in [4.69, 9.17) is 9.84 Å². The van der Waals surface area contributed by atoms with Crippen LogP contribution in [-0.4, -0.2) is 42.2 Å². The van der Waals surface area contributed by atoms with Crippen LogP contribution in [0.5, 0.6) is 5.75 Å². The van der Waals surface area contributed by atoms with Crippen LogP contribution in [0.15, 0.2) is 22.7 Å². The van der Waals surface area contributed by atoms with E-state index in [0.717, 1.165) is 24.1 Å². The lowest BCUT2D eigenvalue weighted by atomic mass is 10.2. The van der Waals surface area contributed by atoms with E-state index in [1.165, 1.54) is 12.8 Å². The lowest BCUT2D eigenvalue weighted by Crippen LogP contribution is -2.25. The average Bonchev–Trinajstić information content (AvgIpc) is 2.81. The second-order valence-electron chi connectivity index (χ2n) is 4.38. The highest BCUT2D eigenvalue weighted by Gasteiger charge is 2.11. The van der Waals surface area contributed by atoms with E-state index in [1.54, 1.807) is 18.2 Å². The van der Waals surface area contributed by atoms with Gasteiger partial charge in [0.1, 0.15) is 12.4 Å². The molecule has 98 valence electrons.